The number of aliphatic carboxylic acids is 2. The molecule has 2 N–H and O–H groups in total. The number of rotatable bonds is 13. The third kappa shape index (κ3) is 6.80. The van der Waals surface area contributed by atoms with E-state index >= 15 is 0 Å². The van der Waals surface area contributed by atoms with Crippen LogP contribution in [-0.2, 0) is 25.2 Å². The summed E-state index contributed by atoms with van der Waals surface area (Å²) < 4.78 is 8.27. The molecule has 0 spiro atoms. The van der Waals surface area contributed by atoms with Crippen molar-refractivity contribution >= 4 is 62.2 Å². The molecule has 294 valence electrons. The molecule has 4 aromatic carbocycles. The Balaban J connectivity index is 1.33. The Morgan fingerprint density at radius 2 is 1.39 bits per heavy atom. The Morgan fingerprint density at radius 1 is 0.772 bits per heavy atom. The number of aryl methyl sites for hydroxylation is 2. The van der Waals surface area contributed by atoms with Gasteiger partial charge in [-0.3, -0.25) is 9.59 Å². The molecule has 3 heterocycles. The Labute approximate surface area is 340 Å². The minimum Gasteiger partial charge on any atom is -0.481 e. The van der Waals surface area contributed by atoms with Crippen molar-refractivity contribution in [3.63, 3.8) is 0 Å². The van der Waals surface area contributed by atoms with E-state index in [1.165, 1.54) is 43.8 Å². The van der Waals surface area contributed by atoms with Gasteiger partial charge in [0.15, 0.2) is 12.3 Å². The van der Waals surface area contributed by atoms with Crippen molar-refractivity contribution in [3.8, 4) is 0 Å². The van der Waals surface area contributed by atoms with Gasteiger partial charge in [-0.25, -0.2) is 0 Å². The summed E-state index contributed by atoms with van der Waals surface area (Å²) in [4.78, 5) is 26.0. The van der Waals surface area contributed by atoms with E-state index in [2.05, 4.69) is 124 Å². The minimum absolute atomic E-state index is 0.00371. The summed E-state index contributed by atoms with van der Waals surface area (Å²) in [6.07, 6.45) is 14.9. The van der Waals surface area contributed by atoms with E-state index in [9.17, 15) is 19.8 Å². The van der Waals surface area contributed by atoms with E-state index in [1.54, 1.807) is 6.26 Å². The molecule has 3 aliphatic rings. The number of hydrogen-bond acceptors (Lipinski definition) is 4. The molecule has 0 atom stereocenters. The van der Waals surface area contributed by atoms with Crippen LogP contribution in [0.1, 0.15) is 88.5 Å². The van der Waals surface area contributed by atoms with Gasteiger partial charge in [-0.2, -0.15) is 4.58 Å². The van der Waals surface area contributed by atoms with E-state index in [0.717, 1.165) is 54.0 Å². The highest BCUT2D eigenvalue weighted by atomic mass is 35.5. The summed E-state index contributed by atoms with van der Waals surface area (Å²) in [6, 6.07) is 21.7. The van der Waals surface area contributed by atoms with Crippen LogP contribution in [0.15, 0.2) is 119 Å². The molecule has 0 saturated carbocycles. The number of hydrogen-bond donors (Lipinski definition) is 2. The Hall–Kier alpha value is -5.40. The maximum Gasteiger partial charge on any atom is 0.309 e. The highest BCUT2D eigenvalue weighted by molar-refractivity contribution is 6.32. The van der Waals surface area contributed by atoms with E-state index < -0.39 is 11.9 Å². The van der Waals surface area contributed by atoms with Crippen LogP contribution in [0.2, 0.25) is 0 Å². The smallest absolute Gasteiger partial charge is 0.309 e. The highest BCUT2D eigenvalue weighted by Gasteiger charge is 2.50. The second-order valence-corrected chi connectivity index (χ2v) is 15.9. The molecule has 0 amide bonds. The number of carboxylic acids is 2. The van der Waals surface area contributed by atoms with Crippen LogP contribution < -0.4 is 4.90 Å². The molecule has 0 fully saturated rings. The van der Waals surface area contributed by atoms with Gasteiger partial charge in [0.2, 0.25) is 5.69 Å². The number of fused-ring (bicyclic) bond motifs is 6. The minimum atomic E-state index is -0.845. The zero-order chi connectivity index (χ0) is 40.6. The summed E-state index contributed by atoms with van der Waals surface area (Å²) in [5, 5.41) is 24.7. The average molecular weight is 784 g/mol. The van der Waals surface area contributed by atoms with Gasteiger partial charge in [0.05, 0.1) is 23.1 Å². The van der Waals surface area contributed by atoms with Crippen LogP contribution in [0, 0.1) is 13.8 Å². The van der Waals surface area contributed by atoms with Gasteiger partial charge in [-0.1, -0.05) is 92.9 Å². The van der Waals surface area contributed by atoms with Crippen LogP contribution in [0.25, 0.3) is 21.5 Å². The summed E-state index contributed by atoms with van der Waals surface area (Å²) in [6.45, 7) is 13.7. The number of ether oxygens (including phenoxy) is 1. The van der Waals surface area contributed by atoms with Gasteiger partial charge in [0.1, 0.15) is 12.2 Å². The topological polar surface area (TPSA) is 90.1 Å². The molecule has 7 rings (SSSR count). The fourth-order valence-electron chi connectivity index (χ4n) is 9.70. The monoisotopic (exact) mass is 783 g/mol. The van der Waals surface area contributed by atoms with E-state index in [1.807, 2.05) is 18.2 Å². The van der Waals surface area contributed by atoms with Crippen LogP contribution in [0.5, 0.6) is 0 Å². The third-order valence-corrected chi connectivity index (χ3v) is 13.1. The quantitative estimate of drug-likeness (QED) is 0.131. The largest absolute Gasteiger partial charge is 0.481 e. The first-order chi connectivity index (χ1) is 27.4. The number of anilines is 1. The second kappa shape index (κ2) is 15.9. The molecule has 0 radical (unpaired) electrons. The number of nitrogens with zero attached hydrogens (tertiary/aromatic N) is 2. The van der Waals surface area contributed by atoms with Gasteiger partial charge in [-0.15, -0.1) is 0 Å². The van der Waals surface area contributed by atoms with E-state index in [-0.39, 0.29) is 23.7 Å². The van der Waals surface area contributed by atoms with E-state index in [4.69, 9.17) is 16.3 Å². The Kier molecular flexibility index (Phi) is 11.1. The number of carboxylic acid groups (broad SMARTS) is 2. The molecule has 0 bridgehead atoms. The van der Waals surface area contributed by atoms with Crippen molar-refractivity contribution < 1.29 is 29.1 Å². The van der Waals surface area contributed by atoms with E-state index in [0.29, 0.717) is 23.9 Å². The molecule has 4 aromatic rings. The summed E-state index contributed by atoms with van der Waals surface area (Å²) >= 11 is 7.20. The fraction of sp³-hybridized carbons (Fsp3) is 0.327. The predicted octanol–water partition coefficient (Wildman–Crippen LogP) is 11.7. The zero-order valence-corrected chi connectivity index (χ0v) is 34.5. The lowest BCUT2D eigenvalue weighted by Crippen LogP contribution is -2.33. The maximum absolute atomic E-state index is 11.9. The molecule has 0 saturated heterocycles. The highest BCUT2D eigenvalue weighted by Crippen LogP contribution is 2.55. The number of benzene rings is 4. The summed E-state index contributed by atoms with van der Waals surface area (Å²) in [5.74, 6) is -1.19. The van der Waals surface area contributed by atoms with Crippen molar-refractivity contribution in [1.29, 1.82) is 0 Å². The molecule has 7 nitrogen and oxygen atoms in total. The van der Waals surface area contributed by atoms with Gasteiger partial charge >= 0.3 is 11.9 Å². The van der Waals surface area contributed by atoms with Crippen molar-refractivity contribution in [1.82, 2.24) is 0 Å². The Morgan fingerprint density at radius 3 is 2.00 bits per heavy atom. The first-order valence-corrected chi connectivity index (χ1v) is 20.6. The SMILES string of the molecule is CCC1(CC)C(/C=C/C2=C(Cl)C(=C/C=C3/N(CCC(=O)O)c4ccc5cc(C)ccc5c4C3(CC)CC)/OC=C2)=[N+](CCC(=O)O)c2ccc3cc(C)ccc3c21. The van der Waals surface area contributed by atoms with Crippen LogP contribution in [-0.4, -0.2) is 45.5 Å². The van der Waals surface area contributed by atoms with Crippen LogP contribution in [0.3, 0.4) is 0 Å². The Bertz CT molecular complexity index is 2490. The lowest BCUT2D eigenvalue weighted by Gasteiger charge is -2.32. The number of halogens is 1. The first-order valence-electron chi connectivity index (χ1n) is 20.2. The van der Waals surface area contributed by atoms with Gasteiger partial charge in [-0.05, 0) is 103 Å². The first kappa shape index (κ1) is 39.8. The summed E-state index contributed by atoms with van der Waals surface area (Å²) in [5.41, 5.74) is 9.10. The van der Waals surface area contributed by atoms with Gasteiger partial charge < -0.3 is 19.8 Å². The molecule has 57 heavy (non-hydrogen) atoms. The second-order valence-electron chi connectivity index (χ2n) is 15.5. The van der Waals surface area contributed by atoms with Crippen LogP contribution in [0.4, 0.5) is 11.4 Å². The van der Waals surface area contributed by atoms with Gasteiger partial charge in [0, 0.05) is 46.6 Å². The molecule has 3 aliphatic heterocycles. The maximum atomic E-state index is 11.9. The number of allylic oxidation sites excluding steroid dienone is 8. The summed E-state index contributed by atoms with van der Waals surface area (Å²) in [7, 11) is 0. The molecular weight excluding hydrogens is 732 g/mol. The third-order valence-electron chi connectivity index (χ3n) is 12.6. The molecule has 0 aromatic heterocycles. The lowest BCUT2D eigenvalue weighted by atomic mass is 9.71. The zero-order valence-electron chi connectivity index (χ0n) is 33.8. The normalized spacial score (nSPS) is 18.4. The van der Waals surface area contributed by atoms with Crippen LogP contribution >= 0.6 is 11.6 Å². The molecule has 0 unspecified atom stereocenters. The molecule has 8 heteroatoms. The van der Waals surface area contributed by atoms with Crippen molar-refractivity contribution in [2.75, 3.05) is 18.0 Å². The van der Waals surface area contributed by atoms with Crippen molar-refractivity contribution in [2.45, 2.75) is 90.9 Å². The average Bonchev–Trinajstić information content (AvgIpc) is 3.63. The predicted molar refractivity (Wildman–Crippen MR) is 232 cm³/mol. The molecule has 0 aliphatic carbocycles. The fourth-order valence-corrected chi connectivity index (χ4v) is 9.94. The standard InChI is InChI=1S/C49H51ClN2O5/c1-7-48(8-2)41(51(26-23-43(53)54)38-18-13-34-29-31(5)11-16-36(34)45(38)48)21-15-33-25-28-57-40(47(33)50)20-22-42-49(9-3,10-4)46-37-17-12-32(6)30-35(37)14-19-39(46)52(42)27-24-44(55)56/h11-22,25,28-30H,7-10,23-24,26-27H2,1-6H3,(H-,53,54,55,56)/p+1. The van der Waals surface area contributed by atoms with Crippen molar-refractivity contribution in [3.05, 3.63) is 142 Å². The van der Waals surface area contributed by atoms with Crippen molar-refractivity contribution in [2.24, 2.45) is 0 Å². The van der Waals surface area contributed by atoms with Gasteiger partial charge in [0.25, 0.3) is 0 Å². The number of carbonyl (C=O) groups is 2. The lowest BCUT2D eigenvalue weighted by molar-refractivity contribution is -0.436. The molecular formula is C49H52ClN2O5+.